The normalized spacial score (nSPS) is 12.1. The van der Waals surface area contributed by atoms with Crippen molar-refractivity contribution in [1.82, 2.24) is 10.2 Å². The van der Waals surface area contributed by atoms with Gasteiger partial charge in [-0.15, -0.1) is 11.8 Å². The van der Waals surface area contributed by atoms with Gasteiger partial charge in [0.2, 0.25) is 0 Å². The average molecular weight is 266 g/mol. The van der Waals surface area contributed by atoms with Crippen LogP contribution in [0.15, 0.2) is 29.2 Å². The molecule has 1 aromatic carbocycles. The van der Waals surface area contributed by atoms with Crippen LogP contribution in [-0.2, 0) is 6.54 Å². The highest BCUT2D eigenvalue weighted by Crippen LogP contribution is 2.19. The number of benzene rings is 1. The van der Waals surface area contributed by atoms with Gasteiger partial charge in [-0.1, -0.05) is 12.1 Å². The van der Waals surface area contributed by atoms with E-state index in [1.165, 1.54) is 10.5 Å². The summed E-state index contributed by atoms with van der Waals surface area (Å²) in [6, 6.07) is 8.83. The van der Waals surface area contributed by atoms with E-state index in [-0.39, 0.29) is 5.54 Å². The molecule has 1 N–H and O–H groups in total. The quantitative estimate of drug-likeness (QED) is 0.796. The van der Waals surface area contributed by atoms with Crippen molar-refractivity contribution in [3.05, 3.63) is 29.8 Å². The van der Waals surface area contributed by atoms with E-state index in [0.29, 0.717) is 0 Å². The first kappa shape index (κ1) is 15.5. The number of hydrogen-bond donors (Lipinski definition) is 1. The molecule has 0 unspecified atom stereocenters. The Morgan fingerprint density at radius 3 is 2.56 bits per heavy atom. The van der Waals surface area contributed by atoms with E-state index in [2.05, 4.69) is 69.3 Å². The van der Waals surface area contributed by atoms with Gasteiger partial charge in [-0.25, -0.2) is 0 Å². The zero-order valence-corrected chi connectivity index (χ0v) is 13.1. The zero-order valence-electron chi connectivity index (χ0n) is 12.3. The molecule has 0 fully saturated rings. The van der Waals surface area contributed by atoms with E-state index in [1.54, 1.807) is 0 Å². The number of nitrogens with zero attached hydrogens (tertiary/aromatic N) is 1. The first-order valence-corrected chi connectivity index (χ1v) is 7.47. The van der Waals surface area contributed by atoms with Crippen LogP contribution in [0.5, 0.6) is 0 Å². The van der Waals surface area contributed by atoms with Crippen molar-refractivity contribution in [2.24, 2.45) is 0 Å². The van der Waals surface area contributed by atoms with Gasteiger partial charge in [-0.3, -0.25) is 0 Å². The van der Waals surface area contributed by atoms with Crippen LogP contribution in [0, 0.1) is 0 Å². The number of thioether (sulfide) groups is 1. The summed E-state index contributed by atoms with van der Waals surface area (Å²) in [6.45, 7) is 8.65. The van der Waals surface area contributed by atoms with Crippen molar-refractivity contribution in [1.29, 1.82) is 0 Å². The van der Waals surface area contributed by atoms with E-state index in [0.717, 1.165) is 18.8 Å². The summed E-state index contributed by atoms with van der Waals surface area (Å²) in [5.74, 6) is 1.14. The minimum absolute atomic E-state index is 0.175. The number of nitrogens with one attached hydrogen (secondary N) is 1. The monoisotopic (exact) mass is 266 g/mol. The van der Waals surface area contributed by atoms with Gasteiger partial charge in [0.1, 0.15) is 0 Å². The second-order valence-electron chi connectivity index (χ2n) is 5.90. The van der Waals surface area contributed by atoms with Crippen LogP contribution in [0.25, 0.3) is 0 Å². The molecule has 0 saturated carbocycles. The fraction of sp³-hybridized carbons (Fsp3) is 0.600. The summed E-state index contributed by atoms with van der Waals surface area (Å²) in [5, 5.41) is 3.52. The highest BCUT2D eigenvalue weighted by atomic mass is 32.2. The Bertz CT molecular complexity index is 356. The Hall–Kier alpha value is -0.510. The largest absolute Gasteiger partial charge is 0.309 e. The highest BCUT2D eigenvalue weighted by Gasteiger charge is 2.08. The van der Waals surface area contributed by atoms with Crippen LogP contribution in [0.3, 0.4) is 0 Å². The van der Waals surface area contributed by atoms with Crippen molar-refractivity contribution in [3.63, 3.8) is 0 Å². The number of hydrogen-bond acceptors (Lipinski definition) is 3. The molecule has 0 radical (unpaired) electrons. The van der Waals surface area contributed by atoms with Crippen LogP contribution in [0.1, 0.15) is 26.3 Å². The molecule has 102 valence electrons. The van der Waals surface area contributed by atoms with Crippen LogP contribution >= 0.6 is 11.8 Å². The van der Waals surface area contributed by atoms with Crippen molar-refractivity contribution < 1.29 is 0 Å². The molecule has 1 aromatic rings. The molecule has 0 amide bonds. The molecule has 1 rings (SSSR count). The Balaban J connectivity index is 2.46. The lowest BCUT2D eigenvalue weighted by atomic mass is 10.1. The van der Waals surface area contributed by atoms with Gasteiger partial charge in [-0.2, -0.15) is 0 Å². The molecule has 3 heteroatoms. The van der Waals surface area contributed by atoms with Crippen molar-refractivity contribution in [2.45, 2.75) is 37.8 Å². The van der Waals surface area contributed by atoms with Gasteiger partial charge in [0.25, 0.3) is 0 Å². The summed E-state index contributed by atoms with van der Waals surface area (Å²) in [5.41, 5.74) is 1.54. The summed E-state index contributed by atoms with van der Waals surface area (Å²) in [4.78, 5) is 3.59. The number of rotatable bonds is 6. The predicted molar refractivity (Wildman–Crippen MR) is 82.3 cm³/mol. The van der Waals surface area contributed by atoms with Crippen molar-refractivity contribution in [3.8, 4) is 0 Å². The maximum absolute atomic E-state index is 3.52. The van der Waals surface area contributed by atoms with Gasteiger partial charge in [0.15, 0.2) is 0 Å². The van der Waals surface area contributed by atoms with Gasteiger partial charge < -0.3 is 10.2 Å². The SMILES string of the molecule is CN(C)CCSc1cccc(CNC(C)(C)C)c1. The first-order valence-electron chi connectivity index (χ1n) is 6.48. The van der Waals surface area contributed by atoms with E-state index in [1.807, 2.05) is 11.8 Å². The van der Waals surface area contributed by atoms with E-state index >= 15 is 0 Å². The molecule has 0 heterocycles. The van der Waals surface area contributed by atoms with E-state index in [9.17, 15) is 0 Å². The molecule has 0 aliphatic rings. The lowest BCUT2D eigenvalue weighted by Gasteiger charge is -2.20. The van der Waals surface area contributed by atoms with Gasteiger partial charge in [-0.05, 0) is 52.6 Å². The van der Waals surface area contributed by atoms with Crippen molar-refractivity contribution in [2.75, 3.05) is 26.4 Å². The molecule has 0 aliphatic carbocycles. The fourth-order valence-corrected chi connectivity index (χ4v) is 2.56. The van der Waals surface area contributed by atoms with Crippen LogP contribution in [0.4, 0.5) is 0 Å². The smallest absolute Gasteiger partial charge is 0.0210 e. The molecule has 0 aliphatic heterocycles. The molecular weight excluding hydrogens is 240 g/mol. The minimum atomic E-state index is 0.175. The summed E-state index contributed by atoms with van der Waals surface area (Å²) >= 11 is 1.93. The van der Waals surface area contributed by atoms with Crippen LogP contribution in [-0.4, -0.2) is 36.8 Å². The Morgan fingerprint density at radius 1 is 1.22 bits per heavy atom. The van der Waals surface area contributed by atoms with Crippen molar-refractivity contribution >= 4 is 11.8 Å². The molecule has 0 saturated heterocycles. The second kappa shape index (κ2) is 7.17. The Kier molecular flexibility index (Phi) is 6.19. The Morgan fingerprint density at radius 2 is 1.94 bits per heavy atom. The molecule has 0 spiro atoms. The molecule has 0 bridgehead atoms. The molecule has 18 heavy (non-hydrogen) atoms. The van der Waals surface area contributed by atoms with E-state index in [4.69, 9.17) is 0 Å². The third kappa shape index (κ3) is 7.04. The topological polar surface area (TPSA) is 15.3 Å². The minimum Gasteiger partial charge on any atom is -0.309 e. The third-order valence-corrected chi connectivity index (χ3v) is 3.50. The Labute approximate surface area is 116 Å². The van der Waals surface area contributed by atoms with E-state index < -0.39 is 0 Å². The van der Waals surface area contributed by atoms with Crippen LogP contribution < -0.4 is 5.32 Å². The third-order valence-electron chi connectivity index (χ3n) is 2.53. The molecular formula is C15H26N2S. The average Bonchev–Trinajstić information content (AvgIpc) is 2.26. The van der Waals surface area contributed by atoms with Crippen LogP contribution in [0.2, 0.25) is 0 Å². The molecule has 2 nitrogen and oxygen atoms in total. The molecule has 0 atom stereocenters. The standard InChI is InChI=1S/C15H26N2S/c1-15(2,3)16-12-13-7-6-8-14(11-13)18-10-9-17(4)5/h6-8,11,16H,9-10,12H2,1-5H3. The molecule has 0 aromatic heterocycles. The second-order valence-corrected chi connectivity index (χ2v) is 7.07. The maximum atomic E-state index is 3.52. The van der Waals surface area contributed by atoms with Gasteiger partial charge in [0.05, 0.1) is 0 Å². The lowest BCUT2D eigenvalue weighted by Crippen LogP contribution is -2.35. The fourth-order valence-electron chi connectivity index (χ4n) is 1.46. The summed E-state index contributed by atoms with van der Waals surface area (Å²) in [6.07, 6.45) is 0. The zero-order chi connectivity index (χ0) is 13.6. The van der Waals surface area contributed by atoms with Gasteiger partial charge in [0, 0.05) is 29.3 Å². The summed E-state index contributed by atoms with van der Waals surface area (Å²) in [7, 11) is 4.23. The first-order chi connectivity index (χ1) is 8.37. The summed E-state index contributed by atoms with van der Waals surface area (Å²) < 4.78 is 0. The van der Waals surface area contributed by atoms with Gasteiger partial charge >= 0.3 is 0 Å². The highest BCUT2D eigenvalue weighted by molar-refractivity contribution is 7.99. The predicted octanol–water partition coefficient (Wildman–Crippen LogP) is 3.23. The maximum Gasteiger partial charge on any atom is 0.0210 e. The lowest BCUT2D eigenvalue weighted by molar-refractivity contribution is 0.424.